The predicted molar refractivity (Wildman–Crippen MR) is 112 cm³/mol. The van der Waals surface area contributed by atoms with Crippen molar-refractivity contribution in [3.05, 3.63) is 81.4 Å². The van der Waals surface area contributed by atoms with Crippen LogP contribution in [0.2, 0.25) is 0 Å². The average molecular weight is 421 g/mol. The Bertz CT molecular complexity index is 1200. The number of nitrogens with one attached hydrogen (secondary N) is 2. The fraction of sp³-hybridized carbons (Fsp3) is 0.190. The molecule has 0 bridgehead atoms. The summed E-state index contributed by atoms with van der Waals surface area (Å²) in [5.74, 6) is -0.503. The summed E-state index contributed by atoms with van der Waals surface area (Å²) in [6.45, 7) is 0.465. The molecule has 0 saturated carbocycles. The Kier molecular flexibility index (Phi) is 5.28. The molecule has 9 heteroatoms. The molecule has 0 aliphatic carbocycles. The first-order chi connectivity index (χ1) is 14.5. The SMILES string of the molecule is Cn1c(CNC(=O)c2ccc3c(c2)C(=O)N(CCc2ccccc2)C3=O)n[nH]c1=S. The zero-order valence-electron chi connectivity index (χ0n) is 16.2. The van der Waals surface area contributed by atoms with Gasteiger partial charge in [-0.2, -0.15) is 5.10 Å². The second kappa shape index (κ2) is 8.03. The molecule has 0 saturated heterocycles. The van der Waals surface area contributed by atoms with Gasteiger partial charge in [-0.25, -0.2) is 0 Å². The van der Waals surface area contributed by atoms with Crippen LogP contribution < -0.4 is 5.32 Å². The van der Waals surface area contributed by atoms with Crippen LogP contribution in [0.3, 0.4) is 0 Å². The van der Waals surface area contributed by atoms with E-state index in [-0.39, 0.29) is 36.4 Å². The first-order valence-corrected chi connectivity index (χ1v) is 9.79. The van der Waals surface area contributed by atoms with Gasteiger partial charge in [0.2, 0.25) is 0 Å². The van der Waals surface area contributed by atoms with Crippen molar-refractivity contribution in [3.63, 3.8) is 0 Å². The topological polar surface area (TPSA) is 100 Å². The summed E-state index contributed by atoms with van der Waals surface area (Å²) in [4.78, 5) is 39.2. The lowest BCUT2D eigenvalue weighted by Crippen LogP contribution is -2.31. The number of fused-ring (bicyclic) bond motifs is 1. The first kappa shape index (κ1) is 19.7. The average Bonchev–Trinajstić information content (AvgIpc) is 3.21. The van der Waals surface area contributed by atoms with E-state index >= 15 is 0 Å². The molecular formula is C21H19N5O3S. The van der Waals surface area contributed by atoms with Crippen molar-refractivity contribution in [1.29, 1.82) is 0 Å². The molecule has 1 aromatic heterocycles. The van der Waals surface area contributed by atoms with Crippen molar-refractivity contribution in [2.24, 2.45) is 7.05 Å². The fourth-order valence-electron chi connectivity index (χ4n) is 3.32. The number of amides is 3. The Balaban J connectivity index is 1.46. The zero-order valence-corrected chi connectivity index (χ0v) is 17.0. The Hall–Kier alpha value is -3.59. The van der Waals surface area contributed by atoms with Gasteiger partial charge in [-0.15, -0.1) is 0 Å². The van der Waals surface area contributed by atoms with E-state index in [1.54, 1.807) is 17.7 Å². The number of carbonyl (C=O) groups is 3. The highest BCUT2D eigenvalue weighted by atomic mass is 32.1. The molecule has 0 spiro atoms. The first-order valence-electron chi connectivity index (χ1n) is 9.38. The Labute approximate surface area is 177 Å². The Morgan fingerprint density at radius 2 is 1.83 bits per heavy atom. The standard InChI is InChI=1S/C21H19N5O3S/c1-25-17(23-24-21(25)30)12-22-18(27)14-7-8-15-16(11-14)20(29)26(19(15)28)10-9-13-5-3-2-4-6-13/h2-8,11H,9-10,12H2,1H3,(H,22,27)(H,24,30). The number of aromatic amines is 1. The summed E-state index contributed by atoms with van der Waals surface area (Å²) in [7, 11) is 1.75. The number of carbonyl (C=O) groups excluding carboxylic acids is 3. The van der Waals surface area contributed by atoms with Crippen LogP contribution in [0.4, 0.5) is 0 Å². The number of rotatable bonds is 6. The number of H-pyrrole nitrogens is 1. The molecule has 1 aliphatic heterocycles. The summed E-state index contributed by atoms with van der Waals surface area (Å²) in [6, 6.07) is 14.2. The molecule has 30 heavy (non-hydrogen) atoms. The Morgan fingerprint density at radius 3 is 2.53 bits per heavy atom. The number of hydrogen-bond acceptors (Lipinski definition) is 5. The van der Waals surface area contributed by atoms with Crippen molar-refractivity contribution >= 4 is 29.9 Å². The smallest absolute Gasteiger partial charge is 0.261 e. The molecule has 3 aromatic rings. The van der Waals surface area contributed by atoms with E-state index in [0.717, 1.165) is 5.56 Å². The largest absolute Gasteiger partial charge is 0.345 e. The summed E-state index contributed by atoms with van der Waals surface area (Å²) in [5, 5.41) is 9.44. The third-order valence-corrected chi connectivity index (χ3v) is 5.44. The Morgan fingerprint density at radius 1 is 1.10 bits per heavy atom. The third-order valence-electron chi connectivity index (χ3n) is 5.08. The van der Waals surface area contributed by atoms with Gasteiger partial charge in [0.15, 0.2) is 10.6 Å². The maximum absolute atomic E-state index is 12.8. The number of aromatic nitrogens is 3. The van der Waals surface area contributed by atoms with Crippen molar-refractivity contribution < 1.29 is 14.4 Å². The fourth-order valence-corrected chi connectivity index (χ4v) is 3.47. The summed E-state index contributed by atoms with van der Waals surface area (Å²) < 4.78 is 2.11. The maximum atomic E-state index is 12.8. The molecule has 1 aliphatic rings. The minimum Gasteiger partial charge on any atom is -0.345 e. The quantitative estimate of drug-likeness (QED) is 0.470. The van der Waals surface area contributed by atoms with Crippen LogP contribution >= 0.6 is 12.2 Å². The summed E-state index contributed by atoms with van der Waals surface area (Å²) in [6.07, 6.45) is 0.575. The summed E-state index contributed by atoms with van der Waals surface area (Å²) in [5.41, 5.74) is 1.91. The highest BCUT2D eigenvalue weighted by Gasteiger charge is 2.35. The molecule has 2 aromatic carbocycles. The van der Waals surface area contributed by atoms with Crippen LogP contribution in [0.25, 0.3) is 0 Å². The lowest BCUT2D eigenvalue weighted by Gasteiger charge is -2.13. The second-order valence-electron chi connectivity index (χ2n) is 6.94. The number of imide groups is 1. The second-order valence-corrected chi connectivity index (χ2v) is 7.33. The lowest BCUT2D eigenvalue weighted by atomic mass is 10.1. The van der Waals surface area contributed by atoms with E-state index in [1.807, 2.05) is 30.3 Å². The van der Waals surface area contributed by atoms with Gasteiger partial charge in [0.25, 0.3) is 17.7 Å². The van der Waals surface area contributed by atoms with Crippen LogP contribution in [-0.2, 0) is 20.0 Å². The molecular weight excluding hydrogens is 402 g/mol. The highest BCUT2D eigenvalue weighted by molar-refractivity contribution is 7.71. The van der Waals surface area contributed by atoms with E-state index in [4.69, 9.17) is 12.2 Å². The number of benzene rings is 2. The van der Waals surface area contributed by atoms with Crippen LogP contribution in [0.15, 0.2) is 48.5 Å². The van der Waals surface area contributed by atoms with E-state index in [9.17, 15) is 14.4 Å². The third kappa shape index (κ3) is 3.67. The van der Waals surface area contributed by atoms with Crippen LogP contribution in [0.1, 0.15) is 42.5 Å². The zero-order chi connectivity index (χ0) is 21.3. The predicted octanol–water partition coefficient (Wildman–Crippen LogP) is 2.25. The molecule has 152 valence electrons. The van der Waals surface area contributed by atoms with Gasteiger partial charge in [-0.3, -0.25) is 24.4 Å². The van der Waals surface area contributed by atoms with Crippen molar-refractivity contribution in [3.8, 4) is 0 Å². The van der Waals surface area contributed by atoms with E-state index in [0.29, 0.717) is 28.1 Å². The van der Waals surface area contributed by atoms with Crippen LogP contribution in [0, 0.1) is 4.77 Å². The summed E-state index contributed by atoms with van der Waals surface area (Å²) >= 11 is 5.05. The molecule has 0 atom stereocenters. The monoisotopic (exact) mass is 421 g/mol. The van der Waals surface area contributed by atoms with Crippen LogP contribution in [0.5, 0.6) is 0 Å². The van der Waals surface area contributed by atoms with Gasteiger partial charge >= 0.3 is 0 Å². The molecule has 3 amide bonds. The molecule has 0 radical (unpaired) electrons. The van der Waals surface area contributed by atoms with Gasteiger partial charge in [0.05, 0.1) is 17.7 Å². The molecule has 8 nitrogen and oxygen atoms in total. The van der Waals surface area contributed by atoms with Crippen molar-refractivity contribution in [1.82, 2.24) is 25.0 Å². The highest BCUT2D eigenvalue weighted by Crippen LogP contribution is 2.24. The maximum Gasteiger partial charge on any atom is 0.261 e. The normalized spacial score (nSPS) is 12.9. The molecule has 0 fully saturated rings. The molecule has 2 heterocycles. The van der Waals surface area contributed by atoms with Gasteiger partial charge in [-0.1, -0.05) is 30.3 Å². The van der Waals surface area contributed by atoms with Crippen molar-refractivity contribution in [2.45, 2.75) is 13.0 Å². The minimum atomic E-state index is -0.380. The van der Waals surface area contributed by atoms with E-state index in [1.165, 1.54) is 17.0 Å². The molecule has 2 N–H and O–H groups in total. The number of hydrogen-bond donors (Lipinski definition) is 2. The van der Waals surface area contributed by atoms with Crippen LogP contribution in [-0.4, -0.2) is 43.9 Å². The molecule has 4 rings (SSSR count). The van der Waals surface area contributed by atoms with Gasteiger partial charge in [-0.05, 0) is 42.4 Å². The van der Waals surface area contributed by atoms with Gasteiger partial charge in [0, 0.05) is 19.2 Å². The van der Waals surface area contributed by atoms with E-state index < -0.39 is 0 Å². The van der Waals surface area contributed by atoms with Gasteiger partial charge < -0.3 is 9.88 Å². The van der Waals surface area contributed by atoms with E-state index in [2.05, 4.69) is 15.5 Å². The lowest BCUT2D eigenvalue weighted by molar-refractivity contribution is 0.0656. The number of nitrogens with zero attached hydrogens (tertiary/aromatic N) is 3. The van der Waals surface area contributed by atoms with Gasteiger partial charge in [0.1, 0.15) is 0 Å². The molecule has 0 unspecified atom stereocenters. The van der Waals surface area contributed by atoms with Crippen molar-refractivity contribution in [2.75, 3.05) is 6.54 Å². The minimum absolute atomic E-state index is 0.176.